The number of carbonyl (C=O) groups excluding carboxylic acids is 1. The predicted octanol–water partition coefficient (Wildman–Crippen LogP) is 4.99. The summed E-state index contributed by atoms with van der Waals surface area (Å²) in [4.78, 5) is 11.7. The monoisotopic (exact) mass is 324 g/mol. The molecule has 0 spiro atoms. The van der Waals surface area contributed by atoms with Gasteiger partial charge < -0.3 is 9.47 Å². The average Bonchev–Trinajstić information content (AvgIpc) is 2.61. The number of ether oxygens (including phenoxy) is 2. The highest BCUT2D eigenvalue weighted by atomic mass is 16.6. The van der Waals surface area contributed by atoms with Crippen molar-refractivity contribution in [3.63, 3.8) is 0 Å². The zero-order valence-electron chi connectivity index (χ0n) is 14.2. The van der Waals surface area contributed by atoms with E-state index in [0.29, 0.717) is 6.61 Å². The topological polar surface area (TPSA) is 35.5 Å². The SMILES string of the molecule is CC(=O)OC1(c2ccccc2OCc2ccccc2)CCCCC1. The molecular weight excluding hydrogens is 300 g/mol. The molecule has 3 rings (SSSR count). The molecule has 1 fully saturated rings. The third-order valence-corrected chi connectivity index (χ3v) is 4.62. The lowest BCUT2D eigenvalue weighted by molar-refractivity contribution is -0.162. The highest BCUT2D eigenvalue weighted by molar-refractivity contribution is 5.67. The van der Waals surface area contributed by atoms with Crippen LogP contribution in [0.1, 0.15) is 50.2 Å². The van der Waals surface area contributed by atoms with Gasteiger partial charge in [0.05, 0.1) is 0 Å². The van der Waals surface area contributed by atoms with Crippen molar-refractivity contribution in [2.24, 2.45) is 0 Å². The van der Waals surface area contributed by atoms with Crippen LogP contribution in [0, 0.1) is 0 Å². The number of hydrogen-bond donors (Lipinski definition) is 0. The largest absolute Gasteiger partial charge is 0.488 e. The van der Waals surface area contributed by atoms with Crippen LogP contribution < -0.4 is 4.74 Å². The molecule has 2 aromatic carbocycles. The summed E-state index contributed by atoms with van der Waals surface area (Å²) in [6.45, 7) is 2.00. The third kappa shape index (κ3) is 3.78. The first kappa shape index (κ1) is 16.6. The van der Waals surface area contributed by atoms with Gasteiger partial charge >= 0.3 is 5.97 Å². The number of para-hydroxylation sites is 1. The lowest BCUT2D eigenvalue weighted by Gasteiger charge is -2.37. The van der Waals surface area contributed by atoms with Crippen LogP contribution >= 0.6 is 0 Å². The maximum atomic E-state index is 11.7. The van der Waals surface area contributed by atoms with Gasteiger partial charge in [-0.2, -0.15) is 0 Å². The summed E-state index contributed by atoms with van der Waals surface area (Å²) in [5.41, 5.74) is 1.57. The first-order valence-corrected chi connectivity index (χ1v) is 8.65. The smallest absolute Gasteiger partial charge is 0.303 e. The van der Waals surface area contributed by atoms with E-state index < -0.39 is 5.60 Å². The standard InChI is InChI=1S/C21H24O3/c1-17(22)24-21(14-8-3-9-15-21)19-12-6-7-13-20(19)23-16-18-10-4-2-5-11-18/h2,4-7,10-13H,3,8-9,14-16H2,1H3. The molecule has 0 unspecified atom stereocenters. The van der Waals surface area contributed by atoms with Crippen molar-refractivity contribution in [3.8, 4) is 5.75 Å². The Balaban J connectivity index is 1.87. The van der Waals surface area contributed by atoms with E-state index in [1.165, 1.54) is 13.3 Å². The van der Waals surface area contributed by atoms with Crippen molar-refractivity contribution in [1.29, 1.82) is 0 Å². The first-order valence-electron chi connectivity index (χ1n) is 8.65. The van der Waals surface area contributed by atoms with Crippen LogP contribution in [0.25, 0.3) is 0 Å². The van der Waals surface area contributed by atoms with Gasteiger partial charge in [0.15, 0.2) is 0 Å². The van der Waals surface area contributed by atoms with Gasteiger partial charge in [-0.1, -0.05) is 55.0 Å². The average molecular weight is 324 g/mol. The molecule has 1 aliphatic carbocycles. The summed E-state index contributed by atoms with van der Waals surface area (Å²) < 4.78 is 11.9. The molecule has 0 saturated heterocycles. The van der Waals surface area contributed by atoms with Gasteiger partial charge in [0.1, 0.15) is 18.0 Å². The van der Waals surface area contributed by atoms with Crippen LogP contribution in [0.2, 0.25) is 0 Å². The Labute approximate surface area is 143 Å². The summed E-state index contributed by atoms with van der Waals surface area (Å²) >= 11 is 0. The molecule has 3 heteroatoms. The molecule has 126 valence electrons. The number of benzene rings is 2. The van der Waals surface area contributed by atoms with Crippen LogP contribution in [0.3, 0.4) is 0 Å². The fraction of sp³-hybridized carbons (Fsp3) is 0.381. The van der Waals surface area contributed by atoms with Crippen molar-refractivity contribution < 1.29 is 14.3 Å². The molecule has 2 aromatic rings. The Morgan fingerprint density at radius 3 is 2.33 bits per heavy atom. The third-order valence-electron chi connectivity index (χ3n) is 4.62. The summed E-state index contributed by atoms with van der Waals surface area (Å²) in [6, 6.07) is 18.1. The second kappa shape index (κ2) is 7.52. The van der Waals surface area contributed by atoms with Crippen molar-refractivity contribution in [3.05, 3.63) is 65.7 Å². The molecule has 0 atom stereocenters. The summed E-state index contributed by atoms with van der Waals surface area (Å²) in [7, 11) is 0. The predicted molar refractivity (Wildman–Crippen MR) is 93.7 cm³/mol. The molecule has 3 nitrogen and oxygen atoms in total. The lowest BCUT2D eigenvalue weighted by atomic mass is 9.79. The van der Waals surface area contributed by atoms with E-state index in [0.717, 1.165) is 42.6 Å². The van der Waals surface area contributed by atoms with Gasteiger partial charge in [-0.25, -0.2) is 0 Å². The Hall–Kier alpha value is -2.29. The second-order valence-corrected chi connectivity index (χ2v) is 6.42. The van der Waals surface area contributed by atoms with E-state index >= 15 is 0 Å². The fourth-order valence-corrected chi connectivity index (χ4v) is 3.53. The van der Waals surface area contributed by atoms with Gasteiger partial charge in [0.2, 0.25) is 0 Å². The van der Waals surface area contributed by atoms with E-state index in [1.54, 1.807) is 0 Å². The van der Waals surface area contributed by atoms with Crippen LogP contribution in [-0.2, 0) is 21.7 Å². The van der Waals surface area contributed by atoms with Crippen molar-refractivity contribution >= 4 is 5.97 Å². The Bertz CT molecular complexity index is 672. The van der Waals surface area contributed by atoms with Crippen LogP contribution in [0.5, 0.6) is 5.75 Å². The minimum absolute atomic E-state index is 0.227. The van der Waals surface area contributed by atoms with Gasteiger partial charge in [-0.3, -0.25) is 4.79 Å². The van der Waals surface area contributed by atoms with Crippen LogP contribution in [-0.4, -0.2) is 5.97 Å². The molecule has 0 heterocycles. The van der Waals surface area contributed by atoms with Crippen molar-refractivity contribution in [2.75, 3.05) is 0 Å². The highest BCUT2D eigenvalue weighted by Gasteiger charge is 2.39. The normalized spacial score (nSPS) is 16.4. The van der Waals surface area contributed by atoms with Crippen molar-refractivity contribution in [2.45, 2.75) is 51.2 Å². The maximum absolute atomic E-state index is 11.7. The molecule has 24 heavy (non-hydrogen) atoms. The number of rotatable bonds is 5. The van der Waals surface area contributed by atoms with Gasteiger partial charge in [-0.05, 0) is 37.3 Å². The minimum Gasteiger partial charge on any atom is -0.488 e. The van der Waals surface area contributed by atoms with E-state index in [-0.39, 0.29) is 5.97 Å². The van der Waals surface area contributed by atoms with Crippen LogP contribution in [0.15, 0.2) is 54.6 Å². The molecule has 0 bridgehead atoms. The van der Waals surface area contributed by atoms with E-state index in [4.69, 9.17) is 9.47 Å². The van der Waals surface area contributed by atoms with Gasteiger partial charge in [0, 0.05) is 12.5 Å². The maximum Gasteiger partial charge on any atom is 0.303 e. The molecule has 0 N–H and O–H groups in total. The Morgan fingerprint density at radius 1 is 0.958 bits per heavy atom. The fourth-order valence-electron chi connectivity index (χ4n) is 3.53. The van der Waals surface area contributed by atoms with E-state index in [9.17, 15) is 4.79 Å². The quantitative estimate of drug-likeness (QED) is 0.727. The number of hydrogen-bond acceptors (Lipinski definition) is 3. The highest BCUT2D eigenvalue weighted by Crippen LogP contribution is 2.44. The number of esters is 1. The molecule has 0 aliphatic heterocycles. The zero-order valence-corrected chi connectivity index (χ0v) is 14.2. The molecule has 1 aliphatic rings. The number of carbonyl (C=O) groups is 1. The summed E-state index contributed by atoms with van der Waals surface area (Å²) in [5, 5.41) is 0. The molecule has 0 amide bonds. The first-order chi connectivity index (χ1) is 11.7. The lowest BCUT2D eigenvalue weighted by Crippen LogP contribution is -2.34. The second-order valence-electron chi connectivity index (χ2n) is 6.42. The van der Waals surface area contributed by atoms with Gasteiger partial charge in [-0.15, -0.1) is 0 Å². The molecule has 1 saturated carbocycles. The van der Waals surface area contributed by atoms with Gasteiger partial charge in [0.25, 0.3) is 0 Å². The van der Waals surface area contributed by atoms with Crippen molar-refractivity contribution in [1.82, 2.24) is 0 Å². The van der Waals surface area contributed by atoms with E-state index in [2.05, 4.69) is 0 Å². The molecular formula is C21H24O3. The summed E-state index contributed by atoms with van der Waals surface area (Å²) in [6.07, 6.45) is 5.05. The zero-order chi connectivity index (χ0) is 16.8. The Morgan fingerprint density at radius 2 is 1.62 bits per heavy atom. The van der Waals surface area contributed by atoms with Crippen LogP contribution in [0.4, 0.5) is 0 Å². The summed E-state index contributed by atoms with van der Waals surface area (Å²) in [5.74, 6) is 0.583. The molecule has 0 radical (unpaired) electrons. The molecule has 0 aromatic heterocycles. The van der Waals surface area contributed by atoms with E-state index in [1.807, 2.05) is 54.6 Å². The Kier molecular flexibility index (Phi) is 5.19. The minimum atomic E-state index is -0.544.